The minimum absolute atomic E-state index is 0.0951. The van der Waals surface area contributed by atoms with Gasteiger partial charge in [0.2, 0.25) is 10.0 Å². The number of benzene rings is 1. The van der Waals surface area contributed by atoms with E-state index in [0.717, 1.165) is 24.9 Å². The highest BCUT2D eigenvalue weighted by Crippen LogP contribution is 2.28. The van der Waals surface area contributed by atoms with Crippen LogP contribution in [0.15, 0.2) is 24.3 Å². The predicted molar refractivity (Wildman–Crippen MR) is 81.8 cm³/mol. The molecule has 0 aliphatic heterocycles. The largest absolute Gasteiger partial charge is 0.310 e. The van der Waals surface area contributed by atoms with Gasteiger partial charge in [-0.15, -0.1) is 0 Å². The number of hydrogen-bond acceptors (Lipinski definition) is 3. The summed E-state index contributed by atoms with van der Waals surface area (Å²) in [5.74, 6) is 0.0951. The van der Waals surface area contributed by atoms with Crippen LogP contribution in [0.1, 0.15) is 37.8 Å². The van der Waals surface area contributed by atoms with Crippen molar-refractivity contribution in [2.75, 3.05) is 7.05 Å². The Morgan fingerprint density at radius 1 is 1.20 bits per heavy atom. The summed E-state index contributed by atoms with van der Waals surface area (Å²) >= 11 is 0. The lowest BCUT2D eigenvalue weighted by Gasteiger charge is -2.16. The molecule has 5 heteroatoms. The van der Waals surface area contributed by atoms with E-state index in [1.807, 2.05) is 24.3 Å². The third-order valence-corrected chi connectivity index (χ3v) is 5.46. The van der Waals surface area contributed by atoms with Gasteiger partial charge in [-0.25, -0.2) is 12.7 Å². The second kappa shape index (κ2) is 6.24. The molecule has 112 valence electrons. The molecule has 1 aromatic rings. The summed E-state index contributed by atoms with van der Waals surface area (Å²) in [7, 11) is -1.48. The van der Waals surface area contributed by atoms with E-state index in [9.17, 15) is 8.42 Å². The van der Waals surface area contributed by atoms with Crippen molar-refractivity contribution in [1.29, 1.82) is 0 Å². The van der Waals surface area contributed by atoms with E-state index >= 15 is 0 Å². The molecule has 1 fully saturated rings. The highest BCUT2D eigenvalue weighted by atomic mass is 32.2. The Kier molecular flexibility index (Phi) is 4.83. The zero-order chi connectivity index (χ0) is 14.8. The summed E-state index contributed by atoms with van der Waals surface area (Å²) in [5.41, 5.74) is 2.03. The molecule has 0 bridgehead atoms. The lowest BCUT2D eigenvalue weighted by atomic mass is 10.1. The van der Waals surface area contributed by atoms with Crippen molar-refractivity contribution in [2.24, 2.45) is 0 Å². The molecule has 0 aromatic heterocycles. The quantitative estimate of drug-likeness (QED) is 0.838. The highest BCUT2D eigenvalue weighted by molar-refractivity contribution is 7.88. The molecule has 0 heterocycles. The molecule has 0 spiro atoms. The fourth-order valence-corrected chi connectivity index (χ4v) is 3.54. The summed E-state index contributed by atoms with van der Waals surface area (Å²) in [6, 6.07) is 8.50. The van der Waals surface area contributed by atoms with Crippen LogP contribution in [-0.2, 0) is 22.3 Å². The molecule has 1 aromatic carbocycles. The first kappa shape index (κ1) is 15.5. The van der Waals surface area contributed by atoms with E-state index < -0.39 is 10.0 Å². The van der Waals surface area contributed by atoms with Crippen LogP contribution < -0.4 is 5.32 Å². The van der Waals surface area contributed by atoms with E-state index in [1.165, 1.54) is 9.87 Å². The van der Waals surface area contributed by atoms with Crippen molar-refractivity contribution in [1.82, 2.24) is 9.62 Å². The van der Waals surface area contributed by atoms with Crippen LogP contribution in [0.4, 0.5) is 0 Å². The maximum Gasteiger partial charge on any atom is 0.218 e. The van der Waals surface area contributed by atoms with Crippen LogP contribution in [0, 0.1) is 0 Å². The first-order chi connectivity index (χ1) is 9.38. The molecule has 1 aliphatic rings. The van der Waals surface area contributed by atoms with E-state index in [1.54, 1.807) is 7.05 Å². The molecule has 1 saturated carbocycles. The Morgan fingerprint density at radius 3 is 2.25 bits per heavy atom. The first-order valence-corrected chi connectivity index (χ1v) is 8.76. The summed E-state index contributed by atoms with van der Waals surface area (Å²) in [6.07, 6.45) is 1.99. The first-order valence-electron chi connectivity index (χ1n) is 7.15. The van der Waals surface area contributed by atoms with Gasteiger partial charge in [-0.3, -0.25) is 0 Å². The highest BCUT2D eigenvalue weighted by Gasteiger charge is 2.33. The van der Waals surface area contributed by atoms with Crippen LogP contribution in [0.3, 0.4) is 0 Å². The van der Waals surface area contributed by atoms with Crippen molar-refractivity contribution >= 4 is 10.0 Å². The maximum absolute atomic E-state index is 12.2. The topological polar surface area (TPSA) is 49.4 Å². The van der Waals surface area contributed by atoms with Gasteiger partial charge in [0.15, 0.2) is 0 Å². The van der Waals surface area contributed by atoms with Crippen molar-refractivity contribution in [3.05, 3.63) is 35.4 Å². The number of rotatable bonds is 7. The molecule has 0 unspecified atom stereocenters. The Morgan fingerprint density at radius 2 is 1.75 bits per heavy atom. The molecule has 1 aliphatic carbocycles. The molecule has 2 rings (SSSR count). The fourth-order valence-electron chi connectivity index (χ4n) is 2.05. The smallest absolute Gasteiger partial charge is 0.218 e. The third kappa shape index (κ3) is 4.30. The van der Waals surface area contributed by atoms with Crippen molar-refractivity contribution in [3.8, 4) is 0 Å². The predicted octanol–water partition coefficient (Wildman–Crippen LogP) is 2.11. The van der Waals surface area contributed by atoms with Crippen molar-refractivity contribution in [2.45, 2.75) is 51.1 Å². The maximum atomic E-state index is 12.2. The van der Waals surface area contributed by atoms with Crippen LogP contribution in [0.2, 0.25) is 0 Å². The minimum atomic E-state index is -3.17. The molecule has 0 saturated heterocycles. The summed E-state index contributed by atoms with van der Waals surface area (Å²) in [5, 5.41) is 3.34. The minimum Gasteiger partial charge on any atom is -0.310 e. The lowest BCUT2D eigenvalue weighted by Crippen LogP contribution is -2.30. The fraction of sp³-hybridized carbons (Fsp3) is 0.600. The zero-order valence-corrected chi connectivity index (χ0v) is 13.3. The van der Waals surface area contributed by atoms with Crippen molar-refractivity contribution in [3.63, 3.8) is 0 Å². The van der Waals surface area contributed by atoms with E-state index in [4.69, 9.17) is 0 Å². The summed E-state index contributed by atoms with van der Waals surface area (Å²) in [4.78, 5) is 0. The molecule has 0 atom stereocenters. The summed E-state index contributed by atoms with van der Waals surface area (Å²) < 4.78 is 25.9. The van der Waals surface area contributed by atoms with Crippen LogP contribution in [-0.4, -0.2) is 31.9 Å². The Hall–Kier alpha value is -0.910. The zero-order valence-electron chi connectivity index (χ0n) is 12.5. The van der Waals surface area contributed by atoms with Gasteiger partial charge < -0.3 is 5.32 Å². The number of hydrogen-bond donors (Lipinski definition) is 1. The van der Waals surface area contributed by atoms with Crippen LogP contribution in [0.25, 0.3) is 0 Å². The molecular formula is C15H24N2O2S. The molecule has 4 nitrogen and oxygen atoms in total. The standard InChI is InChI=1S/C15H24N2O2S/c1-12(2)16-10-13-4-6-14(7-5-13)11-20(18,19)17(3)15-8-9-15/h4-7,12,15-16H,8-11H2,1-3H3. The normalized spacial score (nSPS) is 16.1. The Labute approximate surface area is 122 Å². The Balaban J connectivity index is 1.96. The van der Waals surface area contributed by atoms with Gasteiger partial charge in [0, 0.05) is 25.7 Å². The lowest BCUT2D eigenvalue weighted by molar-refractivity contribution is 0.463. The molecular weight excluding hydrogens is 272 g/mol. The average molecular weight is 296 g/mol. The van der Waals surface area contributed by atoms with Gasteiger partial charge in [0.1, 0.15) is 0 Å². The van der Waals surface area contributed by atoms with Gasteiger partial charge in [0.05, 0.1) is 5.75 Å². The van der Waals surface area contributed by atoms with Crippen LogP contribution in [0.5, 0.6) is 0 Å². The second-order valence-corrected chi connectivity index (χ2v) is 7.88. The van der Waals surface area contributed by atoms with Crippen molar-refractivity contribution < 1.29 is 8.42 Å². The average Bonchev–Trinajstić information content (AvgIpc) is 3.20. The van der Waals surface area contributed by atoms with Gasteiger partial charge >= 0.3 is 0 Å². The van der Waals surface area contributed by atoms with Gasteiger partial charge in [-0.05, 0) is 24.0 Å². The van der Waals surface area contributed by atoms with E-state index in [-0.39, 0.29) is 11.8 Å². The molecule has 0 radical (unpaired) electrons. The second-order valence-electron chi connectivity index (χ2n) is 5.86. The van der Waals surface area contributed by atoms with E-state index in [0.29, 0.717) is 6.04 Å². The van der Waals surface area contributed by atoms with Gasteiger partial charge in [0.25, 0.3) is 0 Å². The van der Waals surface area contributed by atoms with Crippen LogP contribution >= 0.6 is 0 Å². The van der Waals surface area contributed by atoms with E-state index in [2.05, 4.69) is 19.2 Å². The monoisotopic (exact) mass is 296 g/mol. The molecule has 1 N–H and O–H groups in total. The SMILES string of the molecule is CC(C)NCc1ccc(CS(=O)(=O)N(C)C2CC2)cc1. The number of nitrogens with zero attached hydrogens (tertiary/aromatic N) is 1. The third-order valence-electron chi connectivity index (χ3n) is 3.59. The summed E-state index contributed by atoms with van der Waals surface area (Å²) in [6.45, 7) is 5.02. The van der Waals surface area contributed by atoms with Gasteiger partial charge in [-0.2, -0.15) is 0 Å². The van der Waals surface area contributed by atoms with Gasteiger partial charge in [-0.1, -0.05) is 38.1 Å². The molecule has 0 amide bonds. The Bertz CT molecular complexity index is 533. The number of sulfonamides is 1. The molecule has 20 heavy (non-hydrogen) atoms. The number of nitrogens with one attached hydrogen (secondary N) is 1.